The highest BCUT2D eigenvalue weighted by molar-refractivity contribution is 6.30. The number of hydrogen-bond acceptors (Lipinski definition) is 2. The molecule has 0 saturated carbocycles. The van der Waals surface area contributed by atoms with Gasteiger partial charge >= 0.3 is 0 Å². The Morgan fingerprint density at radius 1 is 1.25 bits per heavy atom. The van der Waals surface area contributed by atoms with Gasteiger partial charge in [0.1, 0.15) is 0 Å². The van der Waals surface area contributed by atoms with Crippen LogP contribution >= 0.6 is 11.6 Å². The van der Waals surface area contributed by atoms with Gasteiger partial charge in [-0.15, -0.1) is 0 Å². The smallest absolute Gasteiger partial charge is 0.0406 e. The SMILES string of the molecule is CC(CN)CCNCCc1ccc(Cl)cc1. The zero-order valence-electron chi connectivity index (χ0n) is 9.88. The number of nitrogens with one attached hydrogen (secondary N) is 1. The quantitative estimate of drug-likeness (QED) is 0.719. The van der Waals surface area contributed by atoms with Crippen LogP contribution in [0.1, 0.15) is 18.9 Å². The molecule has 1 atom stereocenters. The summed E-state index contributed by atoms with van der Waals surface area (Å²) in [4.78, 5) is 0. The first-order valence-electron chi connectivity index (χ1n) is 5.87. The van der Waals surface area contributed by atoms with Crippen molar-refractivity contribution in [3.8, 4) is 0 Å². The number of benzene rings is 1. The van der Waals surface area contributed by atoms with Gasteiger partial charge in [0.25, 0.3) is 0 Å². The Bertz CT molecular complexity index is 284. The van der Waals surface area contributed by atoms with E-state index in [1.54, 1.807) is 0 Å². The summed E-state index contributed by atoms with van der Waals surface area (Å²) < 4.78 is 0. The van der Waals surface area contributed by atoms with Crippen LogP contribution in [0.25, 0.3) is 0 Å². The molecule has 90 valence electrons. The molecule has 1 unspecified atom stereocenters. The van der Waals surface area contributed by atoms with Crippen molar-refractivity contribution in [2.45, 2.75) is 19.8 Å². The predicted octanol–water partition coefficient (Wildman–Crippen LogP) is 2.46. The van der Waals surface area contributed by atoms with Crippen LogP contribution in [0.4, 0.5) is 0 Å². The highest BCUT2D eigenvalue weighted by atomic mass is 35.5. The molecular formula is C13H21ClN2. The third kappa shape index (κ3) is 5.50. The summed E-state index contributed by atoms with van der Waals surface area (Å²) >= 11 is 5.82. The summed E-state index contributed by atoms with van der Waals surface area (Å²) in [6.45, 7) is 5.02. The summed E-state index contributed by atoms with van der Waals surface area (Å²) in [7, 11) is 0. The maximum absolute atomic E-state index is 5.82. The van der Waals surface area contributed by atoms with Crippen LogP contribution < -0.4 is 11.1 Å². The molecule has 1 aromatic carbocycles. The van der Waals surface area contributed by atoms with Gasteiger partial charge in [0.2, 0.25) is 0 Å². The molecule has 0 aliphatic heterocycles. The number of rotatable bonds is 7. The summed E-state index contributed by atoms with van der Waals surface area (Å²) in [5, 5.41) is 4.22. The Labute approximate surface area is 103 Å². The standard InChI is InChI=1S/C13H21ClN2/c1-11(10-15)6-8-16-9-7-12-2-4-13(14)5-3-12/h2-5,11,16H,6-10,15H2,1H3. The average molecular weight is 241 g/mol. The molecule has 0 bridgehead atoms. The van der Waals surface area contributed by atoms with E-state index in [0.717, 1.165) is 37.5 Å². The Balaban J connectivity index is 2.09. The van der Waals surface area contributed by atoms with Crippen LogP contribution in [0, 0.1) is 5.92 Å². The van der Waals surface area contributed by atoms with Gasteiger partial charge in [0.05, 0.1) is 0 Å². The Kier molecular flexibility index (Phi) is 6.46. The van der Waals surface area contributed by atoms with E-state index >= 15 is 0 Å². The van der Waals surface area contributed by atoms with E-state index in [1.807, 2.05) is 12.1 Å². The number of hydrogen-bond donors (Lipinski definition) is 2. The molecule has 3 heteroatoms. The van der Waals surface area contributed by atoms with Crippen molar-refractivity contribution in [2.75, 3.05) is 19.6 Å². The molecular weight excluding hydrogens is 220 g/mol. The molecule has 2 nitrogen and oxygen atoms in total. The van der Waals surface area contributed by atoms with Crippen molar-refractivity contribution in [3.05, 3.63) is 34.9 Å². The number of nitrogens with two attached hydrogens (primary N) is 1. The average Bonchev–Trinajstić information content (AvgIpc) is 2.31. The van der Waals surface area contributed by atoms with Crippen molar-refractivity contribution in [1.29, 1.82) is 0 Å². The molecule has 1 rings (SSSR count). The van der Waals surface area contributed by atoms with Crippen LogP contribution in [-0.2, 0) is 6.42 Å². The first-order chi connectivity index (χ1) is 7.72. The highest BCUT2D eigenvalue weighted by Crippen LogP contribution is 2.09. The van der Waals surface area contributed by atoms with Crippen LogP contribution in [0.15, 0.2) is 24.3 Å². The molecule has 0 heterocycles. The van der Waals surface area contributed by atoms with E-state index in [0.29, 0.717) is 5.92 Å². The first kappa shape index (κ1) is 13.5. The lowest BCUT2D eigenvalue weighted by atomic mass is 10.1. The Hall–Kier alpha value is -0.570. The van der Waals surface area contributed by atoms with E-state index < -0.39 is 0 Å². The van der Waals surface area contributed by atoms with Gasteiger partial charge in [-0.05, 0) is 56.1 Å². The lowest BCUT2D eigenvalue weighted by Gasteiger charge is -2.09. The fourth-order valence-corrected chi connectivity index (χ4v) is 1.60. The van der Waals surface area contributed by atoms with Crippen LogP contribution in [0.5, 0.6) is 0 Å². The van der Waals surface area contributed by atoms with Crippen LogP contribution in [0.2, 0.25) is 5.02 Å². The third-order valence-corrected chi connectivity index (χ3v) is 2.97. The first-order valence-corrected chi connectivity index (χ1v) is 6.25. The number of halogens is 1. The zero-order chi connectivity index (χ0) is 11.8. The van der Waals surface area contributed by atoms with Gasteiger partial charge in [0.15, 0.2) is 0 Å². The van der Waals surface area contributed by atoms with E-state index in [9.17, 15) is 0 Å². The molecule has 0 aliphatic carbocycles. The van der Waals surface area contributed by atoms with Crippen molar-refractivity contribution >= 4 is 11.6 Å². The summed E-state index contributed by atoms with van der Waals surface area (Å²) in [6, 6.07) is 8.03. The minimum absolute atomic E-state index is 0.614. The fraction of sp³-hybridized carbons (Fsp3) is 0.538. The lowest BCUT2D eigenvalue weighted by Crippen LogP contribution is -2.22. The molecule has 0 spiro atoms. The molecule has 3 N–H and O–H groups in total. The predicted molar refractivity (Wildman–Crippen MR) is 70.9 cm³/mol. The van der Waals surface area contributed by atoms with E-state index in [2.05, 4.69) is 24.4 Å². The second-order valence-corrected chi connectivity index (χ2v) is 4.69. The van der Waals surface area contributed by atoms with Gasteiger partial charge in [-0.3, -0.25) is 0 Å². The van der Waals surface area contributed by atoms with E-state index in [-0.39, 0.29) is 0 Å². The van der Waals surface area contributed by atoms with Crippen molar-refractivity contribution in [3.63, 3.8) is 0 Å². The van der Waals surface area contributed by atoms with Crippen molar-refractivity contribution < 1.29 is 0 Å². The molecule has 0 aromatic heterocycles. The molecule has 0 radical (unpaired) electrons. The van der Waals surface area contributed by atoms with Gasteiger partial charge in [-0.25, -0.2) is 0 Å². The molecule has 0 saturated heterocycles. The molecule has 16 heavy (non-hydrogen) atoms. The largest absolute Gasteiger partial charge is 0.330 e. The zero-order valence-corrected chi connectivity index (χ0v) is 10.6. The minimum atomic E-state index is 0.614. The highest BCUT2D eigenvalue weighted by Gasteiger charge is 1.98. The summed E-state index contributed by atoms with van der Waals surface area (Å²) in [6.07, 6.45) is 2.20. The monoisotopic (exact) mass is 240 g/mol. The lowest BCUT2D eigenvalue weighted by molar-refractivity contribution is 0.511. The van der Waals surface area contributed by atoms with Gasteiger partial charge in [-0.2, -0.15) is 0 Å². The normalized spacial score (nSPS) is 12.7. The summed E-state index contributed by atoms with van der Waals surface area (Å²) in [5.74, 6) is 0.614. The van der Waals surface area contributed by atoms with Crippen molar-refractivity contribution in [2.24, 2.45) is 11.7 Å². The Morgan fingerprint density at radius 2 is 1.94 bits per heavy atom. The van der Waals surface area contributed by atoms with Gasteiger partial charge in [0, 0.05) is 5.02 Å². The van der Waals surface area contributed by atoms with E-state index in [4.69, 9.17) is 17.3 Å². The maximum Gasteiger partial charge on any atom is 0.0406 e. The molecule has 1 aromatic rings. The second kappa shape index (κ2) is 7.66. The van der Waals surface area contributed by atoms with Crippen LogP contribution in [-0.4, -0.2) is 19.6 Å². The van der Waals surface area contributed by atoms with E-state index in [1.165, 1.54) is 5.56 Å². The Morgan fingerprint density at radius 3 is 2.56 bits per heavy atom. The van der Waals surface area contributed by atoms with Crippen LogP contribution in [0.3, 0.4) is 0 Å². The fourth-order valence-electron chi connectivity index (χ4n) is 1.48. The third-order valence-electron chi connectivity index (χ3n) is 2.72. The van der Waals surface area contributed by atoms with Gasteiger partial charge in [-0.1, -0.05) is 30.7 Å². The summed E-state index contributed by atoms with van der Waals surface area (Å²) in [5.41, 5.74) is 6.87. The van der Waals surface area contributed by atoms with Gasteiger partial charge < -0.3 is 11.1 Å². The molecule has 0 fully saturated rings. The minimum Gasteiger partial charge on any atom is -0.330 e. The van der Waals surface area contributed by atoms with Crippen molar-refractivity contribution in [1.82, 2.24) is 5.32 Å². The maximum atomic E-state index is 5.82. The topological polar surface area (TPSA) is 38.0 Å². The second-order valence-electron chi connectivity index (χ2n) is 4.26. The molecule has 0 amide bonds. The molecule has 0 aliphatic rings.